The molecule has 0 bridgehead atoms. The van der Waals surface area contributed by atoms with Crippen LogP contribution in [-0.2, 0) is 0 Å². The molecule has 3 rings (SSSR count). The Morgan fingerprint density at radius 2 is 1.65 bits per heavy atom. The Balaban J connectivity index is 1.91. The van der Waals surface area contributed by atoms with Crippen LogP contribution in [0.5, 0.6) is 0 Å². The van der Waals surface area contributed by atoms with Gasteiger partial charge in [0.1, 0.15) is 0 Å². The summed E-state index contributed by atoms with van der Waals surface area (Å²) in [6.45, 7) is 0. The van der Waals surface area contributed by atoms with E-state index >= 15 is 0 Å². The second kappa shape index (κ2) is 6.61. The maximum absolute atomic E-state index is 11.4. The molecule has 5 heteroatoms. The highest BCUT2D eigenvalue weighted by Crippen LogP contribution is 2.59. The summed E-state index contributed by atoms with van der Waals surface area (Å²) in [5.74, 6) is 3.36. The van der Waals surface area contributed by atoms with E-state index in [2.05, 4.69) is 11.8 Å². The Kier molecular flexibility index (Phi) is 5.24. The van der Waals surface area contributed by atoms with Crippen LogP contribution in [0, 0.1) is 0 Å². The molecule has 0 aromatic heterocycles. The Hall–Kier alpha value is 0.970. The Morgan fingerprint density at radius 1 is 0.850 bits per heavy atom. The third-order valence-corrected chi connectivity index (χ3v) is 10.2. The molecule has 3 aliphatic heterocycles. The molecule has 4 atom stereocenters. The fourth-order valence-electron chi connectivity index (χ4n) is 3.89. The van der Waals surface area contributed by atoms with E-state index in [0.717, 1.165) is 30.8 Å². The van der Waals surface area contributed by atoms with Gasteiger partial charge in [-0.3, -0.25) is 0 Å². The first kappa shape index (κ1) is 15.9. The first-order valence-electron chi connectivity index (χ1n) is 7.99. The first-order chi connectivity index (χ1) is 9.69. The summed E-state index contributed by atoms with van der Waals surface area (Å²) >= 11 is 5.68. The number of aliphatic hydroxyl groups excluding tert-OH is 1. The van der Waals surface area contributed by atoms with E-state index in [9.17, 15) is 10.2 Å². The van der Waals surface area contributed by atoms with Crippen molar-refractivity contribution in [2.24, 2.45) is 0 Å². The molecule has 3 fully saturated rings. The Labute approximate surface area is 135 Å². The lowest BCUT2D eigenvalue weighted by molar-refractivity contribution is -0.0444. The van der Waals surface area contributed by atoms with Crippen LogP contribution in [0.1, 0.15) is 51.4 Å². The van der Waals surface area contributed by atoms with E-state index in [1.807, 2.05) is 11.8 Å². The number of hydrogen-bond acceptors (Lipinski definition) is 5. The van der Waals surface area contributed by atoms with Gasteiger partial charge in [-0.25, -0.2) is 0 Å². The van der Waals surface area contributed by atoms with E-state index in [1.165, 1.54) is 37.9 Å². The molecular formula is C15H26O2S3. The predicted molar refractivity (Wildman–Crippen MR) is 91.8 cm³/mol. The second-order valence-corrected chi connectivity index (χ2v) is 10.3. The minimum atomic E-state index is -0.925. The zero-order valence-corrected chi connectivity index (χ0v) is 14.5. The maximum atomic E-state index is 11.4. The fraction of sp³-hybridized carbons (Fsp3) is 1.00. The van der Waals surface area contributed by atoms with Crippen LogP contribution >= 0.6 is 35.3 Å². The quantitative estimate of drug-likeness (QED) is 0.809. The lowest BCUT2D eigenvalue weighted by atomic mass is 9.83. The van der Waals surface area contributed by atoms with Crippen LogP contribution in [0.25, 0.3) is 0 Å². The van der Waals surface area contributed by atoms with Crippen molar-refractivity contribution in [3.05, 3.63) is 0 Å². The monoisotopic (exact) mass is 334 g/mol. The van der Waals surface area contributed by atoms with Crippen LogP contribution in [-0.4, -0.2) is 48.5 Å². The number of thioether (sulfide) groups is 3. The van der Waals surface area contributed by atoms with Gasteiger partial charge in [0.15, 0.2) is 4.93 Å². The van der Waals surface area contributed by atoms with Gasteiger partial charge in [-0.05, 0) is 55.8 Å². The highest BCUT2D eigenvalue weighted by molar-refractivity contribution is 8.06. The molecule has 0 radical (unpaired) electrons. The SMILES string of the molecule is OC1CCCSC1(O)C1(C2CCCCS2)CCCCS1. The van der Waals surface area contributed by atoms with Gasteiger partial charge in [0.05, 0.1) is 10.9 Å². The topological polar surface area (TPSA) is 40.5 Å². The van der Waals surface area contributed by atoms with Gasteiger partial charge in [-0.15, -0.1) is 23.5 Å². The molecule has 0 aromatic carbocycles. The normalized spacial score (nSPS) is 47.1. The van der Waals surface area contributed by atoms with E-state index in [4.69, 9.17) is 0 Å². The Bertz CT molecular complexity index is 327. The van der Waals surface area contributed by atoms with Crippen molar-refractivity contribution >= 4 is 35.3 Å². The van der Waals surface area contributed by atoms with Crippen molar-refractivity contribution in [2.45, 2.75) is 72.4 Å². The average molecular weight is 335 g/mol. The minimum absolute atomic E-state index is 0.124. The molecule has 4 unspecified atom stereocenters. The zero-order chi connectivity index (χ0) is 14.1. The third kappa shape index (κ3) is 2.66. The summed E-state index contributed by atoms with van der Waals surface area (Å²) in [4.78, 5) is -0.925. The van der Waals surface area contributed by atoms with Crippen molar-refractivity contribution < 1.29 is 10.2 Å². The lowest BCUT2D eigenvalue weighted by Gasteiger charge is -2.56. The summed E-state index contributed by atoms with van der Waals surface area (Å²) in [5, 5.41) is 22.5. The molecule has 3 aliphatic rings. The van der Waals surface area contributed by atoms with Crippen LogP contribution in [0.4, 0.5) is 0 Å². The van der Waals surface area contributed by atoms with Gasteiger partial charge >= 0.3 is 0 Å². The summed E-state index contributed by atoms with van der Waals surface area (Å²) in [6.07, 6.45) is 8.63. The van der Waals surface area contributed by atoms with Gasteiger partial charge in [0, 0.05) is 5.25 Å². The van der Waals surface area contributed by atoms with Gasteiger partial charge in [0.2, 0.25) is 0 Å². The zero-order valence-electron chi connectivity index (χ0n) is 12.1. The first-order valence-corrected chi connectivity index (χ1v) is 11.0. The van der Waals surface area contributed by atoms with Crippen LogP contribution in [0.2, 0.25) is 0 Å². The van der Waals surface area contributed by atoms with Crippen molar-refractivity contribution in [2.75, 3.05) is 17.3 Å². The molecule has 0 amide bonds. The summed E-state index contributed by atoms with van der Waals surface area (Å²) in [5.41, 5.74) is 0. The smallest absolute Gasteiger partial charge is 0.151 e. The van der Waals surface area contributed by atoms with Crippen LogP contribution in [0.3, 0.4) is 0 Å². The van der Waals surface area contributed by atoms with E-state index in [-0.39, 0.29) is 4.75 Å². The van der Waals surface area contributed by atoms with Gasteiger partial charge in [-0.1, -0.05) is 12.8 Å². The summed E-state index contributed by atoms with van der Waals surface area (Å²) < 4.78 is -0.124. The summed E-state index contributed by atoms with van der Waals surface area (Å²) in [7, 11) is 0. The van der Waals surface area contributed by atoms with Crippen molar-refractivity contribution in [1.29, 1.82) is 0 Å². The van der Waals surface area contributed by atoms with Gasteiger partial charge in [-0.2, -0.15) is 11.8 Å². The average Bonchev–Trinajstić information content (AvgIpc) is 2.52. The minimum Gasteiger partial charge on any atom is -0.389 e. The number of rotatable bonds is 2. The third-order valence-electron chi connectivity index (χ3n) is 5.00. The fourth-order valence-corrected chi connectivity index (χ4v) is 9.35. The van der Waals surface area contributed by atoms with Gasteiger partial charge in [0.25, 0.3) is 0 Å². The molecule has 0 aliphatic carbocycles. The second-order valence-electron chi connectivity index (χ2n) is 6.25. The Morgan fingerprint density at radius 3 is 2.30 bits per heavy atom. The van der Waals surface area contributed by atoms with E-state index in [0.29, 0.717) is 5.25 Å². The maximum Gasteiger partial charge on any atom is 0.151 e. The van der Waals surface area contributed by atoms with E-state index < -0.39 is 11.0 Å². The summed E-state index contributed by atoms with van der Waals surface area (Å²) in [6, 6.07) is 0. The van der Waals surface area contributed by atoms with E-state index in [1.54, 1.807) is 11.8 Å². The molecule has 20 heavy (non-hydrogen) atoms. The van der Waals surface area contributed by atoms with Crippen LogP contribution < -0.4 is 0 Å². The van der Waals surface area contributed by atoms with Crippen LogP contribution in [0.15, 0.2) is 0 Å². The molecule has 116 valence electrons. The van der Waals surface area contributed by atoms with Crippen molar-refractivity contribution in [3.8, 4) is 0 Å². The molecule has 0 spiro atoms. The highest BCUT2D eigenvalue weighted by Gasteiger charge is 2.60. The molecule has 2 nitrogen and oxygen atoms in total. The van der Waals surface area contributed by atoms with Crippen molar-refractivity contribution in [1.82, 2.24) is 0 Å². The largest absolute Gasteiger partial charge is 0.389 e. The highest BCUT2D eigenvalue weighted by atomic mass is 32.2. The molecule has 3 heterocycles. The molecule has 0 aromatic rings. The molecule has 0 saturated carbocycles. The number of hydrogen-bond donors (Lipinski definition) is 2. The van der Waals surface area contributed by atoms with Gasteiger partial charge < -0.3 is 10.2 Å². The molecular weight excluding hydrogens is 308 g/mol. The standard InChI is InChI=1S/C15H26O2S3/c16-12-6-5-11-20-15(12,17)14(8-2-4-10-19-14)13-7-1-3-9-18-13/h12-13,16-17H,1-11H2. The number of aliphatic hydroxyl groups is 2. The lowest BCUT2D eigenvalue weighted by Crippen LogP contribution is -2.64. The predicted octanol–water partition coefficient (Wildman–Crippen LogP) is 3.50. The molecule has 3 saturated heterocycles. The molecule has 2 N–H and O–H groups in total. The van der Waals surface area contributed by atoms with Crippen molar-refractivity contribution in [3.63, 3.8) is 0 Å².